The maximum absolute atomic E-state index is 13.0. The second-order valence-electron chi connectivity index (χ2n) is 6.95. The summed E-state index contributed by atoms with van der Waals surface area (Å²) in [6.45, 7) is 1.79. The Morgan fingerprint density at radius 1 is 0.967 bits per heavy atom. The molecule has 4 rings (SSSR count). The average molecular weight is 421 g/mol. The van der Waals surface area contributed by atoms with Crippen LogP contribution in [0.4, 0.5) is 17.1 Å². The van der Waals surface area contributed by atoms with E-state index in [4.69, 9.17) is 0 Å². The molecule has 0 radical (unpaired) electrons. The molecule has 3 aromatic carbocycles. The lowest BCUT2D eigenvalue weighted by Crippen LogP contribution is -2.42. The molecule has 152 valence electrons. The Kier molecular flexibility index (Phi) is 5.01. The normalized spacial score (nSPS) is 13.4. The topological polar surface area (TPSA) is 95.6 Å². The number of amides is 2. The van der Waals surface area contributed by atoms with Crippen molar-refractivity contribution in [3.63, 3.8) is 0 Å². The molecule has 30 heavy (non-hydrogen) atoms. The van der Waals surface area contributed by atoms with Gasteiger partial charge in [0.05, 0.1) is 16.3 Å². The number of aryl methyl sites for hydroxylation is 1. The fourth-order valence-electron chi connectivity index (χ4n) is 3.18. The first kappa shape index (κ1) is 19.7. The van der Waals surface area contributed by atoms with Gasteiger partial charge >= 0.3 is 0 Å². The van der Waals surface area contributed by atoms with E-state index in [0.717, 1.165) is 5.56 Å². The molecule has 0 atom stereocenters. The zero-order valence-corrected chi connectivity index (χ0v) is 16.9. The third kappa shape index (κ3) is 3.90. The molecule has 2 N–H and O–H groups in total. The highest BCUT2D eigenvalue weighted by Crippen LogP contribution is 2.30. The van der Waals surface area contributed by atoms with Gasteiger partial charge in [-0.05, 0) is 55.5 Å². The van der Waals surface area contributed by atoms with E-state index >= 15 is 0 Å². The van der Waals surface area contributed by atoms with Crippen molar-refractivity contribution < 1.29 is 18.0 Å². The summed E-state index contributed by atoms with van der Waals surface area (Å²) in [5, 5.41) is 2.74. The monoisotopic (exact) mass is 421 g/mol. The molecule has 0 aromatic heterocycles. The predicted octanol–water partition coefficient (Wildman–Crippen LogP) is 3.39. The Morgan fingerprint density at radius 3 is 2.33 bits per heavy atom. The maximum atomic E-state index is 13.0. The Balaban J connectivity index is 1.55. The Hall–Kier alpha value is -3.65. The Morgan fingerprint density at radius 2 is 1.63 bits per heavy atom. The lowest BCUT2D eigenvalue weighted by Gasteiger charge is -2.29. The number of nitrogens with one attached hydrogen (secondary N) is 2. The minimum absolute atomic E-state index is 0.0857. The first-order valence-corrected chi connectivity index (χ1v) is 10.7. The molecule has 0 bridgehead atoms. The van der Waals surface area contributed by atoms with Gasteiger partial charge in [0.25, 0.3) is 15.9 Å². The average Bonchev–Trinajstić information content (AvgIpc) is 2.73. The first-order valence-electron chi connectivity index (χ1n) is 9.24. The SMILES string of the molecule is Cc1ccc(S(=O)(=O)Nc2ccc(C(=O)N3CC(=O)Nc4ccccc43)cc2)cc1. The summed E-state index contributed by atoms with van der Waals surface area (Å²) < 4.78 is 27.5. The van der Waals surface area contributed by atoms with Crippen molar-refractivity contribution in [2.45, 2.75) is 11.8 Å². The van der Waals surface area contributed by atoms with Crippen molar-refractivity contribution in [1.29, 1.82) is 0 Å². The van der Waals surface area contributed by atoms with E-state index in [1.165, 1.54) is 41.3 Å². The number of anilines is 3. The molecule has 0 aliphatic carbocycles. The smallest absolute Gasteiger partial charge is 0.261 e. The van der Waals surface area contributed by atoms with Crippen LogP contribution in [0.2, 0.25) is 0 Å². The van der Waals surface area contributed by atoms with Gasteiger partial charge < -0.3 is 5.32 Å². The molecular formula is C22H19N3O4S. The number of benzene rings is 3. The largest absolute Gasteiger partial charge is 0.323 e. The van der Waals surface area contributed by atoms with Crippen molar-refractivity contribution in [2.75, 3.05) is 21.5 Å². The van der Waals surface area contributed by atoms with Gasteiger partial charge in [-0.25, -0.2) is 8.42 Å². The van der Waals surface area contributed by atoms with Crippen LogP contribution >= 0.6 is 0 Å². The van der Waals surface area contributed by atoms with Crippen LogP contribution in [0.5, 0.6) is 0 Å². The molecule has 0 saturated heterocycles. The van der Waals surface area contributed by atoms with Gasteiger partial charge in [-0.2, -0.15) is 0 Å². The van der Waals surface area contributed by atoms with Gasteiger partial charge in [-0.1, -0.05) is 29.8 Å². The van der Waals surface area contributed by atoms with Crippen molar-refractivity contribution >= 4 is 38.9 Å². The summed E-state index contributed by atoms with van der Waals surface area (Å²) in [5.41, 5.74) is 2.84. The zero-order valence-electron chi connectivity index (χ0n) is 16.1. The van der Waals surface area contributed by atoms with E-state index in [2.05, 4.69) is 10.0 Å². The minimum Gasteiger partial charge on any atom is -0.323 e. The van der Waals surface area contributed by atoms with Crippen molar-refractivity contribution in [3.05, 3.63) is 83.9 Å². The van der Waals surface area contributed by atoms with Crippen molar-refractivity contribution in [3.8, 4) is 0 Å². The van der Waals surface area contributed by atoms with Crippen LogP contribution in [0.15, 0.2) is 77.7 Å². The van der Waals surface area contributed by atoms with E-state index in [0.29, 0.717) is 22.6 Å². The Bertz CT molecular complexity index is 1220. The maximum Gasteiger partial charge on any atom is 0.261 e. The van der Waals surface area contributed by atoms with Crippen LogP contribution in [0.25, 0.3) is 0 Å². The van der Waals surface area contributed by atoms with Crippen LogP contribution in [0.3, 0.4) is 0 Å². The Labute approximate surface area is 174 Å². The number of hydrogen-bond donors (Lipinski definition) is 2. The van der Waals surface area contributed by atoms with Crippen molar-refractivity contribution in [1.82, 2.24) is 0 Å². The fourth-order valence-corrected chi connectivity index (χ4v) is 4.24. The number of rotatable bonds is 4. The number of para-hydroxylation sites is 2. The lowest BCUT2D eigenvalue weighted by atomic mass is 10.1. The highest BCUT2D eigenvalue weighted by Gasteiger charge is 2.27. The van der Waals surface area contributed by atoms with Gasteiger partial charge in [0.2, 0.25) is 5.91 Å². The number of carbonyl (C=O) groups excluding carboxylic acids is 2. The molecule has 2 amide bonds. The van der Waals surface area contributed by atoms with Gasteiger partial charge in [0, 0.05) is 11.3 Å². The van der Waals surface area contributed by atoms with Crippen molar-refractivity contribution in [2.24, 2.45) is 0 Å². The molecule has 1 heterocycles. The van der Waals surface area contributed by atoms with Gasteiger partial charge in [-0.3, -0.25) is 19.2 Å². The summed E-state index contributed by atoms with van der Waals surface area (Å²) in [6, 6.07) is 19.7. The van der Waals surface area contributed by atoms with Gasteiger partial charge in [0.1, 0.15) is 6.54 Å². The minimum atomic E-state index is -3.73. The van der Waals surface area contributed by atoms with Crippen LogP contribution in [-0.4, -0.2) is 26.8 Å². The van der Waals surface area contributed by atoms with E-state index in [-0.39, 0.29) is 23.3 Å². The first-order chi connectivity index (χ1) is 14.3. The number of nitrogens with zero attached hydrogens (tertiary/aromatic N) is 1. The summed E-state index contributed by atoms with van der Waals surface area (Å²) in [6.07, 6.45) is 0. The highest BCUT2D eigenvalue weighted by atomic mass is 32.2. The standard InChI is InChI=1S/C22H19N3O4S/c1-15-6-12-18(13-7-15)30(28,29)24-17-10-8-16(9-11-17)22(27)25-14-21(26)23-19-4-2-3-5-20(19)25/h2-13,24H,14H2,1H3,(H,23,26). The highest BCUT2D eigenvalue weighted by molar-refractivity contribution is 7.92. The zero-order chi connectivity index (χ0) is 21.3. The summed E-state index contributed by atoms with van der Waals surface area (Å²) >= 11 is 0. The van der Waals surface area contributed by atoms with Crippen LogP contribution in [0.1, 0.15) is 15.9 Å². The molecule has 7 nitrogen and oxygen atoms in total. The quantitative estimate of drug-likeness (QED) is 0.675. The molecule has 0 saturated carbocycles. The summed E-state index contributed by atoms with van der Waals surface area (Å²) in [5.74, 6) is -0.616. The van der Waals surface area contributed by atoms with Crippen LogP contribution in [-0.2, 0) is 14.8 Å². The lowest BCUT2D eigenvalue weighted by molar-refractivity contribution is -0.115. The van der Waals surface area contributed by atoms with Gasteiger partial charge in [-0.15, -0.1) is 0 Å². The number of fused-ring (bicyclic) bond motifs is 1. The number of carbonyl (C=O) groups is 2. The van der Waals surface area contributed by atoms with E-state index < -0.39 is 10.0 Å². The molecule has 0 spiro atoms. The summed E-state index contributed by atoms with van der Waals surface area (Å²) in [4.78, 5) is 26.5. The molecule has 1 aliphatic rings. The molecule has 1 aliphatic heterocycles. The molecule has 8 heteroatoms. The molecule has 0 fully saturated rings. The predicted molar refractivity (Wildman–Crippen MR) is 115 cm³/mol. The number of hydrogen-bond acceptors (Lipinski definition) is 4. The molecule has 0 unspecified atom stereocenters. The second kappa shape index (κ2) is 7.64. The fraction of sp³-hybridized carbons (Fsp3) is 0.0909. The third-order valence-electron chi connectivity index (χ3n) is 4.73. The summed E-state index contributed by atoms with van der Waals surface area (Å²) in [7, 11) is -3.73. The molecular weight excluding hydrogens is 402 g/mol. The van der Waals surface area contributed by atoms with Crippen LogP contribution < -0.4 is 14.9 Å². The van der Waals surface area contributed by atoms with E-state index in [9.17, 15) is 18.0 Å². The van der Waals surface area contributed by atoms with E-state index in [1.54, 1.807) is 36.4 Å². The van der Waals surface area contributed by atoms with Gasteiger partial charge in [0.15, 0.2) is 0 Å². The number of sulfonamides is 1. The van der Waals surface area contributed by atoms with E-state index in [1.807, 2.05) is 6.92 Å². The second-order valence-corrected chi connectivity index (χ2v) is 8.63. The third-order valence-corrected chi connectivity index (χ3v) is 6.13. The van der Waals surface area contributed by atoms with Crippen LogP contribution in [0, 0.1) is 6.92 Å². The molecule has 3 aromatic rings.